The Morgan fingerprint density at radius 1 is 0.933 bits per heavy atom. The number of anilines is 1. The van der Waals surface area contributed by atoms with Crippen LogP contribution < -0.4 is 9.64 Å². The molecule has 0 bridgehead atoms. The fraction of sp³-hybridized carbons (Fsp3) is 0.378. The van der Waals surface area contributed by atoms with Crippen LogP contribution in [-0.2, 0) is 17.9 Å². The second-order valence-corrected chi connectivity index (χ2v) is 12.8. The van der Waals surface area contributed by atoms with Crippen LogP contribution >= 0.6 is 0 Å². The molecule has 1 saturated heterocycles. The fourth-order valence-electron chi connectivity index (χ4n) is 7.05. The van der Waals surface area contributed by atoms with Gasteiger partial charge in [-0.3, -0.25) is 4.79 Å². The summed E-state index contributed by atoms with van der Waals surface area (Å²) in [6, 6.07) is 23.3. The topological polar surface area (TPSA) is 80.5 Å². The van der Waals surface area contributed by atoms with Gasteiger partial charge in [-0.2, -0.15) is 0 Å². The number of aliphatic carboxylic acids is 1. The average Bonchev–Trinajstić information content (AvgIpc) is 3.42. The number of ether oxygens (including phenoxy) is 1. The van der Waals surface area contributed by atoms with Gasteiger partial charge in [0.05, 0.1) is 34.7 Å². The highest BCUT2D eigenvalue weighted by Crippen LogP contribution is 2.40. The SMILES string of the molecule is CC1CCN(c2ccc(Cn3c(C4CCCC[C@@H]4C(=O)O)nc4cc(OCc5ccc6ccccc6n5)ccc43)c(F)c2)CC1. The van der Waals surface area contributed by atoms with Crippen molar-refractivity contribution in [1.29, 1.82) is 0 Å². The molecule has 1 unspecified atom stereocenters. The van der Waals surface area contributed by atoms with E-state index in [1.807, 2.05) is 71.3 Å². The lowest BCUT2D eigenvalue weighted by atomic mass is 9.78. The molecule has 45 heavy (non-hydrogen) atoms. The molecular weight excluding hydrogens is 567 g/mol. The van der Waals surface area contributed by atoms with Crippen LogP contribution in [0.1, 0.15) is 68.4 Å². The number of carbonyl (C=O) groups is 1. The summed E-state index contributed by atoms with van der Waals surface area (Å²) >= 11 is 0. The number of imidazole rings is 1. The van der Waals surface area contributed by atoms with Gasteiger partial charge >= 0.3 is 5.97 Å². The van der Waals surface area contributed by atoms with E-state index in [2.05, 4.69) is 11.8 Å². The van der Waals surface area contributed by atoms with Gasteiger partial charge < -0.3 is 19.3 Å². The van der Waals surface area contributed by atoms with Crippen molar-refractivity contribution in [3.8, 4) is 5.75 Å². The summed E-state index contributed by atoms with van der Waals surface area (Å²) in [7, 11) is 0. The van der Waals surface area contributed by atoms with Crippen molar-refractivity contribution in [2.75, 3.05) is 18.0 Å². The third-order valence-corrected chi connectivity index (χ3v) is 9.72. The number of carboxylic acid groups (broad SMARTS) is 1. The van der Waals surface area contributed by atoms with E-state index in [4.69, 9.17) is 14.7 Å². The number of para-hydroxylation sites is 1. The van der Waals surface area contributed by atoms with Gasteiger partial charge in [0, 0.05) is 41.7 Å². The fourth-order valence-corrected chi connectivity index (χ4v) is 7.05. The Hall–Kier alpha value is -4.46. The number of hydrogen-bond acceptors (Lipinski definition) is 5. The van der Waals surface area contributed by atoms with Gasteiger partial charge in [-0.1, -0.05) is 50.1 Å². The highest BCUT2D eigenvalue weighted by Gasteiger charge is 2.35. The highest BCUT2D eigenvalue weighted by atomic mass is 19.1. The predicted molar refractivity (Wildman–Crippen MR) is 174 cm³/mol. The summed E-state index contributed by atoms with van der Waals surface area (Å²) < 4.78 is 23.9. The maximum Gasteiger partial charge on any atom is 0.307 e. The van der Waals surface area contributed by atoms with E-state index in [1.165, 1.54) is 0 Å². The van der Waals surface area contributed by atoms with Gasteiger partial charge in [-0.25, -0.2) is 14.4 Å². The largest absolute Gasteiger partial charge is 0.487 e. The molecule has 3 heterocycles. The van der Waals surface area contributed by atoms with Crippen molar-refractivity contribution in [3.63, 3.8) is 0 Å². The number of hydrogen-bond donors (Lipinski definition) is 1. The van der Waals surface area contributed by atoms with E-state index < -0.39 is 11.9 Å². The van der Waals surface area contributed by atoms with Crippen molar-refractivity contribution in [2.24, 2.45) is 11.8 Å². The van der Waals surface area contributed by atoms with Crippen molar-refractivity contribution in [2.45, 2.75) is 64.5 Å². The number of halogens is 1. The van der Waals surface area contributed by atoms with Crippen molar-refractivity contribution in [1.82, 2.24) is 14.5 Å². The molecule has 0 amide bonds. The smallest absolute Gasteiger partial charge is 0.307 e. The summed E-state index contributed by atoms with van der Waals surface area (Å²) in [5.41, 5.74) is 4.77. The van der Waals surface area contributed by atoms with Crippen LogP contribution in [0.2, 0.25) is 0 Å². The Morgan fingerprint density at radius 2 is 1.76 bits per heavy atom. The number of rotatable bonds is 8. The Morgan fingerprint density at radius 3 is 2.58 bits per heavy atom. The van der Waals surface area contributed by atoms with Crippen LogP contribution in [0.3, 0.4) is 0 Å². The molecule has 0 spiro atoms. The first-order chi connectivity index (χ1) is 21.9. The summed E-state index contributed by atoms with van der Waals surface area (Å²) in [4.78, 5) is 24.3. The summed E-state index contributed by atoms with van der Waals surface area (Å²) in [5, 5.41) is 11.2. The Kier molecular flexibility index (Phi) is 8.13. The molecule has 8 heteroatoms. The monoisotopic (exact) mass is 606 g/mol. The van der Waals surface area contributed by atoms with Crippen molar-refractivity contribution >= 4 is 33.6 Å². The number of nitrogens with zero attached hydrogens (tertiary/aromatic N) is 4. The summed E-state index contributed by atoms with van der Waals surface area (Å²) in [5.74, 6) is 0.258. The molecule has 2 atom stereocenters. The van der Waals surface area contributed by atoms with Gasteiger partial charge in [-0.05, 0) is 68.0 Å². The first-order valence-corrected chi connectivity index (χ1v) is 16.2. The van der Waals surface area contributed by atoms with E-state index in [0.717, 1.165) is 73.0 Å². The maximum absolute atomic E-state index is 15.7. The highest BCUT2D eigenvalue weighted by molar-refractivity contribution is 5.79. The predicted octanol–water partition coefficient (Wildman–Crippen LogP) is 7.95. The van der Waals surface area contributed by atoms with E-state index in [-0.39, 0.29) is 18.3 Å². The van der Waals surface area contributed by atoms with Crippen LogP contribution in [-0.4, -0.2) is 38.7 Å². The molecule has 2 fully saturated rings. The van der Waals surface area contributed by atoms with Crippen LogP contribution in [0.4, 0.5) is 10.1 Å². The minimum atomic E-state index is -0.795. The number of benzene rings is 3. The van der Waals surface area contributed by atoms with Gasteiger partial charge in [0.2, 0.25) is 0 Å². The van der Waals surface area contributed by atoms with Gasteiger partial charge in [-0.15, -0.1) is 0 Å². The zero-order valence-corrected chi connectivity index (χ0v) is 25.7. The van der Waals surface area contributed by atoms with E-state index in [0.29, 0.717) is 41.6 Å². The molecule has 7 nitrogen and oxygen atoms in total. The molecule has 232 valence electrons. The van der Waals surface area contributed by atoms with Gasteiger partial charge in [0.25, 0.3) is 0 Å². The normalized spacial score (nSPS) is 19.3. The Balaban J connectivity index is 1.19. The van der Waals surface area contributed by atoms with Crippen LogP contribution in [0.15, 0.2) is 72.8 Å². The molecule has 2 aliphatic rings. The molecule has 3 aromatic carbocycles. The molecule has 5 aromatic rings. The quantitative estimate of drug-likeness (QED) is 0.193. The Bertz CT molecular complexity index is 1840. The van der Waals surface area contributed by atoms with Gasteiger partial charge in [0.1, 0.15) is 24.0 Å². The Labute approximate surface area is 262 Å². The lowest BCUT2D eigenvalue weighted by molar-refractivity contribution is -0.143. The van der Waals surface area contributed by atoms with Crippen molar-refractivity contribution < 1.29 is 19.0 Å². The number of aromatic nitrogens is 3. The second kappa shape index (κ2) is 12.5. The third kappa shape index (κ3) is 6.10. The number of carboxylic acids is 1. The second-order valence-electron chi connectivity index (χ2n) is 12.8. The van der Waals surface area contributed by atoms with E-state index in [9.17, 15) is 9.90 Å². The average molecular weight is 607 g/mol. The molecule has 1 aliphatic heterocycles. The summed E-state index contributed by atoms with van der Waals surface area (Å²) in [6.45, 7) is 4.73. The van der Waals surface area contributed by atoms with E-state index >= 15 is 4.39 Å². The number of fused-ring (bicyclic) bond motifs is 2. The zero-order chi connectivity index (χ0) is 30.9. The lowest BCUT2D eigenvalue weighted by Crippen LogP contribution is -2.32. The molecule has 0 radical (unpaired) electrons. The van der Waals surface area contributed by atoms with Crippen LogP contribution in [0.5, 0.6) is 5.75 Å². The first kappa shape index (κ1) is 29.3. The molecule has 1 N–H and O–H groups in total. The standard InChI is InChI=1S/C37H39FN4O3/c1-24-16-18-41(19-17-24)28-13-11-26(32(38)20-28)22-42-35-15-14-29(45-23-27-12-10-25-6-2-5-9-33(25)39-27)21-34(35)40-36(42)30-7-3-4-8-31(30)37(43)44/h2,5-6,9-15,20-21,24,30-31H,3-4,7-8,16-19,22-23H2,1H3,(H,43,44)/t30?,31-/m0/s1. The molecule has 7 rings (SSSR count). The minimum absolute atomic E-state index is 0.243. The van der Waals surface area contributed by atoms with Crippen molar-refractivity contribution in [3.05, 3.63) is 95.7 Å². The number of pyridine rings is 1. The summed E-state index contributed by atoms with van der Waals surface area (Å²) in [6.07, 6.45) is 5.43. The van der Waals surface area contributed by atoms with Crippen LogP contribution in [0.25, 0.3) is 21.9 Å². The van der Waals surface area contributed by atoms with Crippen LogP contribution in [0, 0.1) is 17.7 Å². The molecule has 1 saturated carbocycles. The molecule has 2 aromatic heterocycles. The molecule has 1 aliphatic carbocycles. The van der Waals surface area contributed by atoms with Gasteiger partial charge in [0.15, 0.2) is 0 Å². The molecular formula is C37H39FN4O3. The van der Waals surface area contributed by atoms with E-state index in [1.54, 1.807) is 6.07 Å². The zero-order valence-electron chi connectivity index (χ0n) is 25.7. The first-order valence-electron chi connectivity index (χ1n) is 16.2. The lowest BCUT2D eigenvalue weighted by Gasteiger charge is -2.32. The maximum atomic E-state index is 15.7. The third-order valence-electron chi connectivity index (χ3n) is 9.72. The number of piperidine rings is 1. The minimum Gasteiger partial charge on any atom is -0.487 e.